The maximum absolute atomic E-state index is 12.1. The summed E-state index contributed by atoms with van der Waals surface area (Å²) in [5.41, 5.74) is -0.484. The highest BCUT2D eigenvalue weighted by Crippen LogP contribution is 2.19. The van der Waals surface area contributed by atoms with E-state index in [1.54, 1.807) is 24.3 Å². The van der Waals surface area contributed by atoms with Gasteiger partial charge in [-0.05, 0) is 38.1 Å². The summed E-state index contributed by atoms with van der Waals surface area (Å²) in [6.07, 6.45) is 1.05. The molecule has 2 N–H and O–H groups in total. The fourth-order valence-electron chi connectivity index (χ4n) is 2.13. The minimum absolute atomic E-state index is 0.0507. The number of ether oxygens (including phenoxy) is 1. The third-order valence-electron chi connectivity index (χ3n) is 3.17. The zero-order valence-electron chi connectivity index (χ0n) is 13.4. The van der Waals surface area contributed by atoms with E-state index in [4.69, 9.17) is 4.74 Å². The Morgan fingerprint density at radius 3 is 2.68 bits per heavy atom. The molecule has 2 aromatic heterocycles. The molecule has 0 fully saturated rings. The Labute approximate surface area is 140 Å². The Kier molecular flexibility index (Phi) is 4.25. The molecule has 0 saturated heterocycles. The lowest BCUT2D eigenvalue weighted by Crippen LogP contribution is -2.22. The van der Waals surface area contributed by atoms with Gasteiger partial charge in [-0.3, -0.25) is 14.7 Å². The van der Waals surface area contributed by atoms with E-state index >= 15 is 0 Å². The number of nitroso groups, excluding NO2 is 1. The van der Waals surface area contributed by atoms with Gasteiger partial charge in [-0.25, -0.2) is 4.98 Å². The van der Waals surface area contributed by atoms with Crippen molar-refractivity contribution in [2.75, 3.05) is 5.32 Å². The third-order valence-corrected chi connectivity index (χ3v) is 3.17. The van der Waals surface area contributed by atoms with Crippen LogP contribution in [0.15, 0.2) is 40.4 Å². The molecule has 1 aromatic carbocycles. The van der Waals surface area contributed by atoms with Gasteiger partial charge in [0.05, 0.1) is 6.10 Å². The number of fused-ring (bicyclic) bond motifs is 1. The predicted molar refractivity (Wildman–Crippen MR) is 89.2 cm³/mol. The lowest BCUT2D eigenvalue weighted by molar-refractivity contribution is 0.0998. The summed E-state index contributed by atoms with van der Waals surface area (Å²) in [5, 5.41) is 7.87. The van der Waals surface area contributed by atoms with Crippen molar-refractivity contribution in [1.82, 2.24) is 19.6 Å². The molecular weight excluding hydrogens is 328 g/mol. The quantitative estimate of drug-likeness (QED) is 0.676. The molecule has 0 spiro atoms. The molecule has 0 aliphatic rings. The summed E-state index contributed by atoms with van der Waals surface area (Å²) >= 11 is 0. The molecule has 3 aromatic rings. The topological polar surface area (TPSA) is 131 Å². The summed E-state index contributed by atoms with van der Waals surface area (Å²) < 4.78 is 6.51. The first-order chi connectivity index (χ1) is 12.0. The number of carbonyl (C=O) groups excluding carboxylic acids is 1. The van der Waals surface area contributed by atoms with Gasteiger partial charge in [0.25, 0.3) is 11.3 Å². The maximum Gasteiger partial charge on any atom is 0.323 e. The van der Waals surface area contributed by atoms with Crippen LogP contribution in [0.3, 0.4) is 0 Å². The van der Waals surface area contributed by atoms with Gasteiger partial charge in [0.15, 0.2) is 0 Å². The van der Waals surface area contributed by atoms with Gasteiger partial charge in [0.2, 0.25) is 5.95 Å². The standard InChI is InChI=1S/C15H14N6O4/c1-8(2)25-10-5-3-9(4-6-10)17-14-18-15-16-7-11(12(22)20-24)13(23)21(15)19-14/h3-8H,1-2H3,(H2,16,17,18,19). The van der Waals surface area contributed by atoms with Gasteiger partial charge in [0.1, 0.15) is 11.3 Å². The highest BCUT2D eigenvalue weighted by atomic mass is 16.5. The molecule has 0 unspecified atom stereocenters. The number of aromatic amines is 1. The fraction of sp³-hybridized carbons (Fsp3) is 0.200. The summed E-state index contributed by atoms with van der Waals surface area (Å²) in [6, 6.07) is 7.16. The first kappa shape index (κ1) is 16.3. The summed E-state index contributed by atoms with van der Waals surface area (Å²) in [5.74, 6) is -0.162. The van der Waals surface area contributed by atoms with Crippen LogP contribution in [-0.2, 0) is 0 Å². The molecule has 25 heavy (non-hydrogen) atoms. The van der Waals surface area contributed by atoms with Crippen LogP contribution in [0, 0.1) is 4.91 Å². The number of rotatable bonds is 5. The molecule has 1 amide bonds. The van der Waals surface area contributed by atoms with Crippen LogP contribution in [0.25, 0.3) is 5.78 Å². The van der Waals surface area contributed by atoms with E-state index in [9.17, 15) is 14.5 Å². The number of nitrogens with one attached hydrogen (secondary N) is 2. The number of anilines is 2. The van der Waals surface area contributed by atoms with Crippen molar-refractivity contribution < 1.29 is 9.53 Å². The largest absolute Gasteiger partial charge is 0.491 e. The molecule has 0 bridgehead atoms. The summed E-state index contributed by atoms with van der Waals surface area (Å²) in [6.45, 7) is 3.87. The number of carbonyl (C=O) groups is 1. The summed E-state index contributed by atoms with van der Waals surface area (Å²) in [4.78, 5) is 41.7. The predicted octanol–water partition coefficient (Wildman–Crippen LogP) is 1.85. The molecule has 0 aliphatic carbocycles. The van der Waals surface area contributed by atoms with Crippen LogP contribution < -0.4 is 15.6 Å². The maximum atomic E-state index is 12.1. The first-order valence-electron chi connectivity index (χ1n) is 7.37. The van der Waals surface area contributed by atoms with Crippen LogP contribution in [0.1, 0.15) is 24.2 Å². The van der Waals surface area contributed by atoms with E-state index in [1.807, 2.05) is 13.8 Å². The molecule has 0 saturated carbocycles. The van der Waals surface area contributed by atoms with Gasteiger partial charge >= 0.3 is 5.91 Å². The van der Waals surface area contributed by atoms with Crippen molar-refractivity contribution in [3.05, 3.63) is 51.3 Å². The van der Waals surface area contributed by atoms with E-state index in [0.717, 1.165) is 16.5 Å². The molecule has 10 nitrogen and oxygen atoms in total. The molecule has 3 rings (SSSR count). The SMILES string of the molecule is CC(C)Oc1ccc(Nc2nc3ncc(C(=O)N=O)c(=O)n3[nH]2)cc1. The van der Waals surface area contributed by atoms with Crippen LogP contribution in [0.2, 0.25) is 0 Å². The van der Waals surface area contributed by atoms with Crippen molar-refractivity contribution >= 4 is 23.3 Å². The van der Waals surface area contributed by atoms with Gasteiger partial charge in [-0.2, -0.15) is 9.50 Å². The molecule has 0 atom stereocenters. The van der Waals surface area contributed by atoms with Crippen molar-refractivity contribution in [3.8, 4) is 5.75 Å². The Balaban J connectivity index is 1.87. The van der Waals surface area contributed by atoms with Gasteiger partial charge in [0, 0.05) is 17.1 Å². The molecular formula is C15H14N6O4. The van der Waals surface area contributed by atoms with Crippen molar-refractivity contribution in [3.63, 3.8) is 0 Å². The number of hydrogen-bond acceptors (Lipinski definition) is 7. The number of nitrogens with zero attached hydrogens (tertiary/aromatic N) is 4. The molecule has 128 valence electrons. The molecule has 2 heterocycles. The van der Waals surface area contributed by atoms with Crippen LogP contribution in [0.4, 0.5) is 11.6 Å². The number of aromatic nitrogens is 4. The van der Waals surface area contributed by atoms with E-state index < -0.39 is 17.0 Å². The minimum Gasteiger partial charge on any atom is -0.491 e. The monoisotopic (exact) mass is 342 g/mol. The average Bonchev–Trinajstić information content (AvgIpc) is 2.99. The van der Waals surface area contributed by atoms with Crippen LogP contribution in [-0.4, -0.2) is 31.6 Å². The Morgan fingerprint density at radius 2 is 2.04 bits per heavy atom. The second kappa shape index (κ2) is 6.51. The van der Waals surface area contributed by atoms with Gasteiger partial charge in [-0.1, -0.05) is 0 Å². The van der Waals surface area contributed by atoms with Crippen molar-refractivity contribution in [2.24, 2.45) is 5.18 Å². The van der Waals surface area contributed by atoms with Crippen molar-refractivity contribution in [1.29, 1.82) is 0 Å². The van der Waals surface area contributed by atoms with Gasteiger partial charge < -0.3 is 10.1 Å². The van der Waals surface area contributed by atoms with Crippen LogP contribution >= 0.6 is 0 Å². The van der Waals surface area contributed by atoms with Crippen LogP contribution in [0.5, 0.6) is 5.75 Å². The number of amides is 1. The average molecular weight is 342 g/mol. The zero-order chi connectivity index (χ0) is 18.0. The number of H-pyrrole nitrogens is 1. The number of benzene rings is 1. The zero-order valence-corrected chi connectivity index (χ0v) is 13.4. The second-order valence-corrected chi connectivity index (χ2v) is 5.40. The second-order valence-electron chi connectivity index (χ2n) is 5.40. The highest BCUT2D eigenvalue weighted by Gasteiger charge is 2.16. The Hall–Kier alpha value is -3.56. The fourth-order valence-corrected chi connectivity index (χ4v) is 2.13. The van der Waals surface area contributed by atoms with E-state index in [-0.39, 0.29) is 17.8 Å². The van der Waals surface area contributed by atoms with Gasteiger partial charge in [-0.15, -0.1) is 4.91 Å². The van der Waals surface area contributed by atoms with E-state index in [1.165, 1.54) is 0 Å². The minimum atomic E-state index is -1.18. The Morgan fingerprint density at radius 1 is 1.32 bits per heavy atom. The first-order valence-corrected chi connectivity index (χ1v) is 7.37. The lowest BCUT2D eigenvalue weighted by atomic mass is 10.3. The molecule has 10 heteroatoms. The smallest absolute Gasteiger partial charge is 0.323 e. The third kappa shape index (κ3) is 3.37. The summed E-state index contributed by atoms with van der Waals surface area (Å²) in [7, 11) is 0. The lowest BCUT2D eigenvalue weighted by Gasteiger charge is -2.10. The van der Waals surface area contributed by atoms with E-state index in [0.29, 0.717) is 5.69 Å². The molecule has 0 radical (unpaired) electrons. The van der Waals surface area contributed by atoms with E-state index in [2.05, 4.69) is 25.6 Å². The highest BCUT2D eigenvalue weighted by molar-refractivity contribution is 5.94. The molecule has 0 aliphatic heterocycles. The normalized spacial score (nSPS) is 10.8. The number of hydrogen-bond donors (Lipinski definition) is 2. The Bertz CT molecular complexity index is 989. The van der Waals surface area contributed by atoms with Crippen molar-refractivity contribution in [2.45, 2.75) is 20.0 Å².